The number of pyridine rings is 1. The smallest absolute Gasteiger partial charge is 0.317 e. The van der Waals surface area contributed by atoms with Gasteiger partial charge in [0.2, 0.25) is 0 Å². The maximum absolute atomic E-state index is 11.7. The Bertz CT molecular complexity index is 454. The minimum Gasteiger partial charge on any atom is -0.481 e. The van der Waals surface area contributed by atoms with Gasteiger partial charge in [-0.3, -0.25) is 4.79 Å². The Morgan fingerprint density at radius 3 is 2.89 bits per heavy atom. The highest BCUT2D eigenvalue weighted by atomic mass is 32.2. The van der Waals surface area contributed by atoms with Crippen LogP contribution in [0.4, 0.5) is 4.79 Å². The first-order chi connectivity index (χ1) is 9.02. The summed E-state index contributed by atoms with van der Waals surface area (Å²) in [5.74, 6) is -0.918. The fraction of sp³-hybridized carbons (Fsp3) is 0.417. The lowest BCUT2D eigenvalue weighted by Crippen LogP contribution is -2.37. The summed E-state index contributed by atoms with van der Waals surface area (Å²) in [4.78, 5) is 27.6. The molecule has 6 nitrogen and oxygen atoms in total. The van der Waals surface area contributed by atoms with Crippen LogP contribution in [0, 0.1) is 0 Å². The zero-order valence-corrected chi connectivity index (χ0v) is 11.7. The summed E-state index contributed by atoms with van der Waals surface area (Å²) in [7, 11) is 1.57. The van der Waals surface area contributed by atoms with Crippen molar-refractivity contribution in [1.82, 2.24) is 15.2 Å². The third-order valence-electron chi connectivity index (χ3n) is 2.46. The lowest BCUT2D eigenvalue weighted by Gasteiger charge is -2.16. The number of aromatic nitrogens is 1. The van der Waals surface area contributed by atoms with Gasteiger partial charge in [-0.1, -0.05) is 0 Å². The summed E-state index contributed by atoms with van der Waals surface area (Å²) >= 11 is 1.54. The van der Waals surface area contributed by atoms with Crippen LogP contribution in [-0.2, 0) is 11.3 Å². The van der Waals surface area contributed by atoms with Crippen molar-refractivity contribution in [2.45, 2.75) is 18.0 Å². The second kappa shape index (κ2) is 7.63. The van der Waals surface area contributed by atoms with E-state index in [1.807, 2.05) is 18.4 Å². The molecule has 0 bridgehead atoms. The van der Waals surface area contributed by atoms with Crippen molar-refractivity contribution in [2.24, 2.45) is 0 Å². The van der Waals surface area contributed by atoms with E-state index in [1.165, 1.54) is 16.7 Å². The van der Waals surface area contributed by atoms with Crippen molar-refractivity contribution in [3.8, 4) is 0 Å². The van der Waals surface area contributed by atoms with Crippen LogP contribution < -0.4 is 5.32 Å². The van der Waals surface area contributed by atoms with E-state index in [9.17, 15) is 9.59 Å². The number of carboxylic acid groups (broad SMARTS) is 1. The summed E-state index contributed by atoms with van der Waals surface area (Å²) in [6.07, 6.45) is 3.57. The standard InChI is InChI=1S/C12H17N3O3S/c1-15(6-4-11(16)17)12(18)14-8-9-3-5-13-10(7-9)19-2/h3,5,7H,4,6,8H2,1-2H3,(H,14,18)(H,16,17). The fourth-order valence-electron chi connectivity index (χ4n) is 1.35. The van der Waals surface area contributed by atoms with E-state index >= 15 is 0 Å². The molecule has 7 heteroatoms. The zero-order valence-electron chi connectivity index (χ0n) is 10.9. The number of thioether (sulfide) groups is 1. The number of rotatable bonds is 6. The van der Waals surface area contributed by atoms with Crippen LogP contribution in [0.2, 0.25) is 0 Å². The van der Waals surface area contributed by atoms with Crippen LogP contribution in [0.5, 0.6) is 0 Å². The maximum atomic E-state index is 11.7. The number of carboxylic acids is 1. The number of hydrogen-bond donors (Lipinski definition) is 2. The Morgan fingerprint density at radius 1 is 1.53 bits per heavy atom. The Balaban J connectivity index is 2.42. The van der Waals surface area contributed by atoms with Gasteiger partial charge in [0, 0.05) is 26.3 Å². The van der Waals surface area contributed by atoms with Gasteiger partial charge in [0.1, 0.15) is 0 Å². The average Bonchev–Trinajstić information content (AvgIpc) is 2.42. The summed E-state index contributed by atoms with van der Waals surface area (Å²) in [5, 5.41) is 12.2. The molecule has 0 spiro atoms. The summed E-state index contributed by atoms with van der Waals surface area (Å²) < 4.78 is 0. The van der Waals surface area contributed by atoms with Crippen LogP contribution in [0.15, 0.2) is 23.4 Å². The molecule has 0 radical (unpaired) electrons. The van der Waals surface area contributed by atoms with E-state index in [0.717, 1.165) is 10.6 Å². The Hall–Kier alpha value is -1.76. The molecular weight excluding hydrogens is 266 g/mol. The first-order valence-electron chi connectivity index (χ1n) is 5.72. The first kappa shape index (κ1) is 15.3. The summed E-state index contributed by atoms with van der Waals surface area (Å²) in [5.41, 5.74) is 0.958. The quantitative estimate of drug-likeness (QED) is 0.772. The predicted octanol–water partition coefficient (Wildman–Crippen LogP) is 1.42. The van der Waals surface area contributed by atoms with E-state index in [2.05, 4.69) is 10.3 Å². The largest absolute Gasteiger partial charge is 0.481 e. The molecule has 0 fully saturated rings. The Kier molecular flexibility index (Phi) is 6.14. The van der Waals surface area contributed by atoms with E-state index in [1.54, 1.807) is 13.2 Å². The van der Waals surface area contributed by atoms with E-state index in [4.69, 9.17) is 5.11 Å². The Labute approximate surface area is 116 Å². The monoisotopic (exact) mass is 283 g/mol. The van der Waals surface area contributed by atoms with E-state index in [0.29, 0.717) is 6.54 Å². The van der Waals surface area contributed by atoms with Gasteiger partial charge in [0.25, 0.3) is 0 Å². The van der Waals surface area contributed by atoms with Crippen molar-refractivity contribution < 1.29 is 14.7 Å². The summed E-state index contributed by atoms with van der Waals surface area (Å²) in [6.45, 7) is 0.583. The van der Waals surface area contributed by atoms with Gasteiger partial charge in [-0.25, -0.2) is 9.78 Å². The Morgan fingerprint density at radius 2 is 2.26 bits per heavy atom. The third kappa shape index (κ3) is 5.60. The number of carbonyl (C=O) groups is 2. The topological polar surface area (TPSA) is 82.5 Å². The minimum atomic E-state index is -0.918. The first-order valence-corrected chi connectivity index (χ1v) is 6.95. The molecule has 0 aliphatic heterocycles. The van der Waals surface area contributed by atoms with Crippen LogP contribution >= 0.6 is 11.8 Å². The van der Waals surface area contributed by atoms with Gasteiger partial charge in [0.15, 0.2) is 0 Å². The number of nitrogens with zero attached hydrogens (tertiary/aromatic N) is 2. The highest BCUT2D eigenvalue weighted by Crippen LogP contribution is 2.12. The molecule has 0 unspecified atom stereocenters. The van der Waals surface area contributed by atoms with Gasteiger partial charge >= 0.3 is 12.0 Å². The van der Waals surface area contributed by atoms with Gasteiger partial charge in [-0.15, -0.1) is 11.8 Å². The predicted molar refractivity (Wildman–Crippen MR) is 73.1 cm³/mol. The molecule has 104 valence electrons. The highest BCUT2D eigenvalue weighted by Gasteiger charge is 2.09. The van der Waals surface area contributed by atoms with Crippen LogP contribution in [0.3, 0.4) is 0 Å². The lowest BCUT2D eigenvalue weighted by atomic mass is 10.3. The number of carbonyl (C=O) groups excluding carboxylic acids is 1. The molecule has 0 atom stereocenters. The molecule has 1 aromatic heterocycles. The van der Waals surface area contributed by atoms with Gasteiger partial charge < -0.3 is 15.3 Å². The number of urea groups is 1. The molecule has 19 heavy (non-hydrogen) atoms. The number of aliphatic carboxylic acids is 1. The molecule has 0 aliphatic rings. The second-order valence-corrected chi connectivity index (χ2v) is 4.76. The molecule has 0 saturated carbocycles. The molecule has 2 N–H and O–H groups in total. The maximum Gasteiger partial charge on any atom is 0.317 e. The van der Waals surface area contributed by atoms with Crippen LogP contribution in [-0.4, -0.2) is 46.8 Å². The normalized spacial score (nSPS) is 10.0. The molecule has 2 amide bonds. The SMILES string of the molecule is CSc1cc(CNC(=O)N(C)CCC(=O)O)ccn1. The number of hydrogen-bond acceptors (Lipinski definition) is 4. The average molecular weight is 283 g/mol. The molecule has 0 saturated heterocycles. The third-order valence-corrected chi connectivity index (χ3v) is 3.10. The zero-order chi connectivity index (χ0) is 14.3. The van der Waals surface area contributed by atoms with Crippen LogP contribution in [0.25, 0.3) is 0 Å². The van der Waals surface area contributed by atoms with Gasteiger partial charge in [-0.2, -0.15) is 0 Å². The van der Waals surface area contributed by atoms with Crippen molar-refractivity contribution in [3.05, 3.63) is 23.9 Å². The van der Waals surface area contributed by atoms with E-state index in [-0.39, 0.29) is 19.0 Å². The minimum absolute atomic E-state index is 0.0597. The van der Waals surface area contributed by atoms with Crippen molar-refractivity contribution in [3.63, 3.8) is 0 Å². The van der Waals surface area contributed by atoms with Crippen molar-refractivity contribution >= 4 is 23.8 Å². The van der Waals surface area contributed by atoms with Gasteiger partial charge in [0.05, 0.1) is 11.4 Å². The molecule has 1 heterocycles. The highest BCUT2D eigenvalue weighted by molar-refractivity contribution is 7.98. The number of nitrogens with one attached hydrogen (secondary N) is 1. The van der Waals surface area contributed by atoms with Crippen molar-refractivity contribution in [1.29, 1.82) is 0 Å². The van der Waals surface area contributed by atoms with Crippen molar-refractivity contribution in [2.75, 3.05) is 19.8 Å². The molecule has 1 rings (SSSR count). The van der Waals surface area contributed by atoms with E-state index < -0.39 is 5.97 Å². The molecule has 0 aromatic carbocycles. The lowest BCUT2D eigenvalue weighted by molar-refractivity contribution is -0.137. The molecule has 0 aliphatic carbocycles. The molecular formula is C12H17N3O3S. The molecule has 1 aromatic rings. The summed E-state index contributed by atoms with van der Waals surface area (Å²) in [6, 6.07) is 3.45. The fourth-order valence-corrected chi connectivity index (χ4v) is 1.79. The number of amides is 2. The van der Waals surface area contributed by atoms with Gasteiger partial charge in [-0.05, 0) is 24.0 Å². The second-order valence-electron chi connectivity index (χ2n) is 3.93. The van der Waals surface area contributed by atoms with Crippen LogP contribution in [0.1, 0.15) is 12.0 Å².